The molecule has 9 nitrogen and oxygen atoms in total. The summed E-state index contributed by atoms with van der Waals surface area (Å²) in [7, 11) is 0. The summed E-state index contributed by atoms with van der Waals surface area (Å²) in [6.45, 7) is -2.90. The quantitative estimate of drug-likeness (QED) is 0.393. The number of aromatic nitrogens is 5. The van der Waals surface area contributed by atoms with E-state index in [4.69, 9.17) is 0 Å². The van der Waals surface area contributed by atoms with Gasteiger partial charge < -0.3 is 20.4 Å². The van der Waals surface area contributed by atoms with E-state index < -0.39 is 6.61 Å². The number of fused-ring (bicyclic) bond motifs is 1. The van der Waals surface area contributed by atoms with Crippen LogP contribution in [0.2, 0.25) is 0 Å². The summed E-state index contributed by atoms with van der Waals surface area (Å²) in [4.78, 5) is 27.9. The van der Waals surface area contributed by atoms with Crippen LogP contribution in [-0.4, -0.2) is 43.2 Å². The van der Waals surface area contributed by atoms with Crippen molar-refractivity contribution in [2.75, 3.05) is 10.6 Å². The molecule has 5 rings (SSSR count). The largest absolute Gasteiger partial charge is 0.433 e. The molecule has 0 aliphatic heterocycles. The predicted octanol–water partition coefficient (Wildman–Crippen LogP) is 3.55. The molecule has 0 spiro atoms. The molecule has 1 saturated carbocycles. The molecule has 4 heterocycles. The van der Waals surface area contributed by atoms with Gasteiger partial charge in [-0.05, 0) is 37.5 Å². The molecule has 4 aromatic rings. The van der Waals surface area contributed by atoms with Crippen molar-refractivity contribution in [3.05, 3.63) is 65.3 Å². The maximum Gasteiger partial charge on any atom is 0.387 e. The number of pyridine rings is 3. The van der Waals surface area contributed by atoms with Crippen molar-refractivity contribution in [1.29, 1.82) is 0 Å². The number of nitrogens with one attached hydrogen (secondary N) is 3. The van der Waals surface area contributed by atoms with E-state index in [1.165, 1.54) is 22.9 Å². The van der Waals surface area contributed by atoms with E-state index in [1.807, 2.05) is 12.1 Å². The highest BCUT2D eigenvalue weighted by Gasteiger charge is 2.25. The highest BCUT2D eigenvalue weighted by Crippen LogP contribution is 2.26. The Kier molecular flexibility index (Phi) is 5.59. The maximum absolute atomic E-state index is 12.4. The Balaban J connectivity index is 1.19. The molecular formula is C22H21F2N7O2. The average molecular weight is 453 g/mol. The summed E-state index contributed by atoms with van der Waals surface area (Å²) in [5, 5.41) is 6.78. The van der Waals surface area contributed by atoms with Crippen LogP contribution in [0.5, 0.6) is 5.75 Å². The third kappa shape index (κ3) is 4.76. The fourth-order valence-corrected chi connectivity index (χ4v) is 4.02. The van der Waals surface area contributed by atoms with Gasteiger partial charge in [-0.15, -0.1) is 0 Å². The van der Waals surface area contributed by atoms with Gasteiger partial charge in [0, 0.05) is 30.4 Å². The van der Waals surface area contributed by atoms with Crippen molar-refractivity contribution in [2.24, 2.45) is 0 Å². The molecule has 0 saturated heterocycles. The SMILES string of the molecule is O=c1ccccn1-c1ccc(N[C@H]2CC[C@H](Nc3nc4ncc(OC(F)F)cc4[nH]3)C2)nc1. The van der Waals surface area contributed by atoms with Crippen molar-refractivity contribution in [3.63, 3.8) is 0 Å². The molecular weight excluding hydrogens is 432 g/mol. The van der Waals surface area contributed by atoms with Gasteiger partial charge in [-0.1, -0.05) is 6.07 Å². The number of H-pyrrole nitrogens is 1. The molecule has 170 valence electrons. The van der Waals surface area contributed by atoms with Crippen LogP contribution in [0, 0.1) is 0 Å². The molecule has 0 amide bonds. The Morgan fingerprint density at radius 1 is 1.09 bits per heavy atom. The first kappa shape index (κ1) is 20.9. The Morgan fingerprint density at radius 2 is 1.94 bits per heavy atom. The first-order valence-corrected chi connectivity index (χ1v) is 10.5. The normalized spacial score (nSPS) is 18.0. The van der Waals surface area contributed by atoms with Gasteiger partial charge in [-0.3, -0.25) is 9.36 Å². The fourth-order valence-electron chi connectivity index (χ4n) is 4.02. The summed E-state index contributed by atoms with van der Waals surface area (Å²) in [6.07, 6.45) is 7.33. The number of hydrogen-bond donors (Lipinski definition) is 3. The smallest absolute Gasteiger partial charge is 0.387 e. The number of halogens is 2. The van der Waals surface area contributed by atoms with Crippen LogP contribution in [0.4, 0.5) is 20.5 Å². The highest BCUT2D eigenvalue weighted by molar-refractivity contribution is 5.74. The summed E-state index contributed by atoms with van der Waals surface area (Å²) in [5.41, 5.74) is 1.54. The van der Waals surface area contributed by atoms with Crippen molar-refractivity contribution in [2.45, 2.75) is 38.0 Å². The van der Waals surface area contributed by atoms with E-state index in [9.17, 15) is 13.6 Å². The minimum absolute atomic E-state index is 0.0199. The molecule has 0 radical (unpaired) electrons. The summed E-state index contributed by atoms with van der Waals surface area (Å²) >= 11 is 0. The molecule has 0 aromatic carbocycles. The van der Waals surface area contributed by atoms with Crippen molar-refractivity contribution in [3.8, 4) is 11.4 Å². The van der Waals surface area contributed by atoms with Crippen LogP contribution in [0.3, 0.4) is 0 Å². The average Bonchev–Trinajstić information content (AvgIpc) is 3.40. The van der Waals surface area contributed by atoms with Crippen molar-refractivity contribution in [1.82, 2.24) is 24.5 Å². The zero-order valence-electron chi connectivity index (χ0n) is 17.4. The third-order valence-corrected chi connectivity index (χ3v) is 5.51. The van der Waals surface area contributed by atoms with E-state index in [0.29, 0.717) is 22.8 Å². The van der Waals surface area contributed by atoms with Crippen LogP contribution < -0.4 is 20.9 Å². The molecule has 33 heavy (non-hydrogen) atoms. The van der Waals surface area contributed by atoms with Crippen molar-refractivity contribution >= 4 is 22.9 Å². The molecule has 0 bridgehead atoms. The monoisotopic (exact) mass is 453 g/mol. The number of rotatable bonds is 7. The second-order valence-corrected chi connectivity index (χ2v) is 7.81. The van der Waals surface area contributed by atoms with E-state index in [0.717, 1.165) is 25.1 Å². The number of imidazole rings is 1. The zero-order chi connectivity index (χ0) is 22.8. The number of alkyl halides is 2. The molecule has 4 aromatic heterocycles. The van der Waals surface area contributed by atoms with Crippen LogP contribution in [0.1, 0.15) is 19.3 Å². The lowest BCUT2D eigenvalue weighted by molar-refractivity contribution is -0.0499. The molecule has 0 unspecified atom stereocenters. The van der Waals surface area contributed by atoms with Gasteiger partial charge in [0.05, 0.1) is 23.6 Å². The Hall–Kier alpha value is -4.02. The zero-order valence-corrected chi connectivity index (χ0v) is 17.4. The van der Waals surface area contributed by atoms with Gasteiger partial charge in [0.2, 0.25) is 5.95 Å². The van der Waals surface area contributed by atoms with Crippen molar-refractivity contribution < 1.29 is 13.5 Å². The summed E-state index contributed by atoms with van der Waals surface area (Å²) in [6, 6.07) is 10.6. The molecule has 1 aliphatic rings. The van der Waals surface area contributed by atoms with Gasteiger partial charge >= 0.3 is 6.61 Å². The standard InChI is InChI=1S/C22H21F2N7O2/c23-21(24)33-16-10-17-20(26-12-16)30-22(29-17)28-14-5-4-13(9-14)27-18-7-6-15(11-25-18)31-8-2-1-3-19(31)32/h1-3,6-8,10-14,21H,4-5,9H2,(H,25,27)(H2,26,28,29,30)/t13-,14-/m0/s1. The van der Waals surface area contributed by atoms with Gasteiger partial charge in [0.15, 0.2) is 5.65 Å². The maximum atomic E-state index is 12.4. The predicted molar refractivity (Wildman–Crippen MR) is 119 cm³/mol. The topological polar surface area (TPSA) is 110 Å². The number of aromatic amines is 1. The van der Waals surface area contributed by atoms with E-state index in [1.54, 1.807) is 24.5 Å². The number of ether oxygens (including phenoxy) is 1. The summed E-state index contributed by atoms with van der Waals surface area (Å²) in [5.74, 6) is 1.26. The summed E-state index contributed by atoms with van der Waals surface area (Å²) < 4.78 is 30.7. The Labute approximate surface area is 186 Å². The molecule has 1 fully saturated rings. The molecule has 1 aliphatic carbocycles. The molecule has 11 heteroatoms. The van der Waals surface area contributed by atoms with Crippen LogP contribution in [0.15, 0.2) is 59.8 Å². The van der Waals surface area contributed by atoms with Gasteiger partial charge in [0.1, 0.15) is 11.6 Å². The lowest BCUT2D eigenvalue weighted by atomic mass is 10.2. The first-order valence-electron chi connectivity index (χ1n) is 10.5. The number of anilines is 2. The minimum atomic E-state index is -2.90. The van der Waals surface area contributed by atoms with Crippen LogP contribution >= 0.6 is 0 Å². The fraction of sp³-hybridized carbons (Fsp3) is 0.273. The van der Waals surface area contributed by atoms with Gasteiger partial charge in [0.25, 0.3) is 5.56 Å². The second-order valence-electron chi connectivity index (χ2n) is 7.81. The molecule has 3 N–H and O–H groups in total. The minimum Gasteiger partial charge on any atom is -0.433 e. The first-order chi connectivity index (χ1) is 16.0. The van der Waals surface area contributed by atoms with Crippen LogP contribution in [0.25, 0.3) is 16.9 Å². The second kappa shape index (κ2) is 8.85. The Morgan fingerprint density at radius 3 is 2.70 bits per heavy atom. The van der Waals surface area contributed by atoms with E-state index in [2.05, 4.69) is 35.3 Å². The number of nitrogens with zero attached hydrogens (tertiary/aromatic N) is 4. The lowest BCUT2D eigenvalue weighted by Gasteiger charge is -2.15. The van der Waals surface area contributed by atoms with Gasteiger partial charge in [-0.25, -0.2) is 9.97 Å². The van der Waals surface area contributed by atoms with Crippen LogP contribution in [-0.2, 0) is 0 Å². The van der Waals surface area contributed by atoms with Gasteiger partial charge in [-0.2, -0.15) is 13.8 Å². The Bertz CT molecular complexity index is 1310. The lowest BCUT2D eigenvalue weighted by Crippen LogP contribution is -2.21. The third-order valence-electron chi connectivity index (χ3n) is 5.51. The molecule has 2 atom stereocenters. The number of hydrogen-bond acceptors (Lipinski definition) is 7. The highest BCUT2D eigenvalue weighted by atomic mass is 19.3. The van der Waals surface area contributed by atoms with E-state index >= 15 is 0 Å². The van der Waals surface area contributed by atoms with E-state index in [-0.39, 0.29) is 23.4 Å².